The van der Waals surface area contributed by atoms with Crippen LogP contribution in [-0.2, 0) is 4.79 Å². The van der Waals surface area contributed by atoms with E-state index in [1.807, 2.05) is 60.2 Å². The molecule has 0 aliphatic carbocycles. The van der Waals surface area contributed by atoms with Crippen LogP contribution in [0.25, 0.3) is 5.69 Å². The SMILES string of the molecule is Cc1cc(C(=O)c2ccc(-n3ccnc3)cc2)ccc1OCCCCCCCCCC(=O)O.[Na+]. The fourth-order valence-electron chi connectivity index (χ4n) is 3.76. The predicted molar refractivity (Wildman–Crippen MR) is 128 cm³/mol. The fourth-order valence-corrected chi connectivity index (χ4v) is 3.76. The molecule has 0 bridgehead atoms. The van der Waals surface area contributed by atoms with Gasteiger partial charge in [-0.1, -0.05) is 32.1 Å². The van der Waals surface area contributed by atoms with Gasteiger partial charge in [0.05, 0.1) is 12.9 Å². The third-order valence-electron chi connectivity index (χ3n) is 5.66. The molecule has 0 fully saturated rings. The van der Waals surface area contributed by atoms with Crippen LogP contribution in [0, 0.1) is 6.92 Å². The first kappa shape index (κ1) is 27.8. The van der Waals surface area contributed by atoms with Gasteiger partial charge >= 0.3 is 35.5 Å². The number of hydrogen-bond donors (Lipinski definition) is 1. The third kappa shape index (κ3) is 8.75. The van der Waals surface area contributed by atoms with Gasteiger partial charge in [-0.25, -0.2) is 4.98 Å². The summed E-state index contributed by atoms with van der Waals surface area (Å²) in [5.41, 5.74) is 3.21. The number of benzene rings is 2. The number of unbranched alkanes of at least 4 members (excludes halogenated alkanes) is 6. The van der Waals surface area contributed by atoms with E-state index in [1.165, 1.54) is 0 Å². The Morgan fingerprint density at radius 3 is 2.18 bits per heavy atom. The third-order valence-corrected chi connectivity index (χ3v) is 5.66. The largest absolute Gasteiger partial charge is 1.00 e. The van der Waals surface area contributed by atoms with E-state index in [0.29, 0.717) is 17.7 Å². The van der Waals surface area contributed by atoms with Gasteiger partial charge in [0.2, 0.25) is 0 Å². The first-order chi connectivity index (χ1) is 16.0. The van der Waals surface area contributed by atoms with Crippen molar-refractivity contribution < 1.29 is 49.0 Å². The molecule has 0 amide bonds. The van der Waals surface area contributed by atoms with Crippen LogP contribution >= 0.6 is 0 Å². The van der Waals surface area contributed by atoms with Crippen LogP contribution in [0.4, 0.5) is 0 Å². The minimum Gasteiger partial charge on any atom is -0.493 e. The topological polar surface area (TPSA) is 81.4 Å². The molecular formula is C27H32N2NaO4+. The summed E-state index contributed by atoms with van der Waals surface area (Å²) in [5.74, 6) is 0.0981. The second-order valence-corrected chi connectivity index (χ2v) is 8.29. The maximum atomic E-state index is 12.9. The minimum atomic E-state index is -0.708. The zero-order valence-corrected chi connectivity index (χ0v) is 22.2. The number of rotatable bonds is 14. The Kier molecular flexibility index (Phi) is 12.1. The number of aliphatic carboxylic acids is 1. The van der Waals surface area contributed by atoms with Crippen molar-refractivity contribution in [3.05, 3.63) is 77.9 Å². The van der Waals surface area contributed by atoms with Gasteiger partial charge in [-0.3, -0.25) is 9.59 Å². The predicted octanol–water partition coefficient (Wildman–Crippen LogP) is 3.00. The van der Waals surface area contributed by atoms with Crippen LogP contribution in [0.5, 0.6) is 5.75 Å². The fraction of sp³-hybridized carbons (Fsp3) is 0.370. The minimum absolute atomic E-state index is 0. The molecule has 3 rings (SSSR count). The standard InChI is InChI=1S/C27H32N2O4.Na/c1-21-19-23(27(32)22-10-13-24(14-11-22)29-17-16-28-20-29)12-15-25(21)33-18-8-6-4-2-3-5-7-9-26(30)31;/h10-17,19-20H,2-9,18H2,1H3,(H,30,31);/q;+1. The molecule has 2 aromatic carbocycles. The Morgan fingerprint density at radius 2 is 1.56 bits per heavy atom. The number of ketones is 1. The van der Waals surface area contributed by atoms with Crippen molar-refractivity contribution in [2.45, 2.75) is 58.3 Å². The normalized spacial score (nSPS) is 10.5. The summed E-state index contributed by atoms with van der Waals surface area (Å²) in [7, 11) is 0. The van der Waals surface area contributed by atoms with Gasteiger partial charge in [-0.15, -0.1) is 0 Å². The second-order valence-electron chi connectivity index (χ2n) is 8.29. The van der Waals surface area contributed by atoms with E-state index in [0.717, 1.165) is 61.9 Å². The van der Waals surface area contributed by atoms with Gasteiger partial charge < -0.3 is 14.4 Å². The number of aryl methyl sites for hydroxylation is 1. The number of nitrogens with zero attached hydrogens (tertiary/aromatic N) is 2. The average Bonchev–Trinajstić information content (AvgIpc) is 3.35. The number of carboxylic acids is 1. The molecule has 0 aliphatic rings. The molecule has 174 valence electrons. The summed E-state index contributed by atoms with van der Waals surface area (Å²) >= 11 is 0. The van der Waals surface area contributed by atoms with Crippen LogP contribution in [0.3, 0.4) is 0 Å². The average molecular weight is 472 g/mol. The first-order valence-corrected chi connectivity index (χ1v) is 11.6. The Morgan fingerprint density at radius 1 is 0.912 bits per heavy atom. The second kappa shape index (κ2) is 14.8. The van der Waals surface area contributed by atoms with Crippen LogP contribution in [0.2, 0.25) is 0 Å². The molecule has 7 heteroatoms. The summed E-state index contributed by atoms with van der Waals surface area (Å²) in [6, 6.07) is 13.1. The zero-order chi connectivity index (χ0) is 23.5. The monoisotopic (exact) mass is 471 g/mol. The van der Waals surface area contributed by atoms with Crippen LogP contribution in [0.15, 0.2) is 61.2 Å². The Bertz CT molecular complexity index is 1030. The smallest absolute Gasteiger partial charge is 0.493 e. The molecule has 1 N–H and O–H groups in total. The van der Waals surface area contributed by atoms with Crippen LogP contribution in [-0.4, -0.2) is 33.0 Å². The van der Waals surface area contributed by atoms with Crippen molar-refractivity contribution in [3.63, 3.8) is 0 Å². The van der Waals surface area contributed by atoms with E-state index in [-0.39, 0.29) is 41.8 Å². The molecule has 0 aliphatic heterocycles. The van der Waals surface area contributed by atoms with Crippen LogP contribution in [0.1, 0.15) is 72.9 Å². The van der Waals surface area contributed by atoms with Gasteiger partial charge in [0.1, 0.15) is 5.75 Å². The number of imidazole rings is 1. The van der Waals surface area contributed by atoms with Gasteiger partial charge in [0.15, 0.2) is 5.78 Å². The van der Waals surface area contributed by atoms with E-state index >= 15 is 0 Å². The number of ether oxygens (including phenoxy) is 1. The van der Waals surface area contributed by atoms with Gasteiger partial charge in [-0.2, -0.15) is 0 Å². The number of carboxylic acid groups (broad SMARTS) is 1. The Hall–Kier alpha value is -2.41. The Balaban J connectivity index is 0.00000408. The first-order valence-electron chi connectivity index (χ1n) is 11.6. The van der Waals surface area contributed by atoms with E-state index in [9.17, 15) is 9.59 Å². The zero-order valence-electron chi connectivity index (χ0n) is 20.2. The molecule has 0 saturated carbocycles. The maximum Gasteiger partial charge on any atom is 1.00 e. The molecular weight excluding hydrogens is 439 g/mol. The van der Waals surface area contributed by atoms with Crippen molar-refractivity contribution in [3.8, 4) is 11.4 Å². The van der Waals surface area contributed by atoms with Gasteiger partial charge in [-0.05, 0) is 67.8 Å². The summed E-state index contributed by atoms with van der Waals surface area (Å²) in [6.45, 7) is 2.62. The molecule has 0 unspecified atom stereocenters. The Labute approximate surface area is 223 Å². The van der Waals surface area contributed by atoms with Crippen molar-refractivity contribution in [1.29, 1.82) is 0 Å². The molecule has 34 heavy (non-hydrogen) atoms. The van der Waals surface area contributed by atoms with E-state index in [2.05, 4.69) is 4.98 Å². The van der Waals surface area contributed by atoms with Crippen molar-refractivity contribution in [2.24, 2.45) is 0 Å². The summed E-state index contributed by atoms with van der Waals surface area (Å²) < 4.78 is 7.82. The van der Waals surface area contributed by atoms with Crippen molar-refractivity contribution in [1.82, 2.24) is 9.55 Å². The number of carbonyl (C=O) groups excluding carboxylic acids is 1. The number of carbonyl (C=O) groups is 2. The van der Waals surface area contributed by atoms with E-state index in [1.54, 1.807) is 12.5 Å². The summed E-state index contributed by atoms with van der Waals surface area (Å²) in [4.78, 5) is 27.4. The van der Waals surface area contributed by atoms with E-state index < -0.39 is 5.97 Å². The molecule has 0 atom stereocenters. The molecule has 0 saturated heterocycles. The summed E-state index contributed by atoms with van der Waals surface area (Å²) in [5, 5.41) is 8.63. The van der Waals surface area contributed by atoms with Gasteiger partial charge in [0, 0.05) is 35.6 Å². The molecule has 0 spiro atoms. The molecule has 1 heterocycles. The number of aromatic nitrogens is 2. The van der Waals surface area contributed by atoms with Crippen molar-refractivity contribution >= 4 is 11.8 Å². The molecule has 6 nitrogen and oxygen atoms in total. The van der Waals surface area contributed by atoms with E-state index in [4.69, 9.17) is 9.84 Å². The van der Waals surface area contributed by atoms with Gasteiger partial charge in [0.25, 0.3) is 0 Å². The quantitative estimate of drug-likeness (QED) is 0.222. The summed E-state index contributed by atoms with van der Waals surface area (Å²) in [6.07, 6.45) is 12.8. The van der Waals surface area contributed by atoms with Crippen molar-refractivity contribution in [2.75, 3.05) is 6.61 Å². The molecule has 0 radical (unpaired) electrons. The number of hydrogen-bond acceptors (Lipinski definition) is 4. The molecule has 1 aromatic heterocycles. The molecule has 3 aromatic rings. The maximum absolute atomic E-state index is 12.9. The van der Waals surface area contributed by atoms with Crippen LogP contribution < -0.4 is 34.3 Å².